The van der Waals surface area contributed by atoms with E-state index in [1.807, 2.05) is 37.5 Å². The first kappa shape index (κ1) is 17.2. The molecule has 0 radical (unpaired) electrons. The maximum atomic E-state index is 12.5. The number of hydrogen-bond acceptors (Lipinski definition) is 4. The lowest BCUT2D eigenvalue weighted by Gasteiger charge is -2.12. The average Bonchev–Trinajstić information content (AvgIpc) is 3.08. The monoisotopic (exact) mass is 358 g/mol. The van der Waals surface area contributed by atoms with Crippen molar-refractivity contribution in [2.24, 2.45) is 0 Å². The zero-order valence-corrected chi connectivity index (χ0v) is 15.3. The van der Waals surface area contributed by atoms with Crippen molar-refractivity contribution < 1.29 is 9.21 Å². The van der Waals surface area contributed by atoms with Crippen molar-refractivity contribution in [3.8, 4) is 11.5 Å². The number of benzene rings is 1. The fraction of sp³-hybridized carbons (Fsp3) is 0.278. The number of anilines is 1. The van der Waals surface area contributed by atoms with E-state index < -0.39 is 0 Å². The van der Waals surface area contributed by atoms with Gasteiger partial charge in [0.25, 0.3) is 0 Å². The van der Waals surface area contributed by atoms with E-state index in [0.29, 0.717) is 16.8 Å². The molecule has 0 aliphatic carbocycles. The Morgan fingerprint density at radius 1 is 1.20 bits per heavy atom. The van der Waals surface area contributed by atoms with Crippen LogP contribution in [-0.4, -0.2) is 20.7 Å². The van der Waals surface area contributed by atoms with E-state index in [0.717, 1.165) is 28.2 Å². The highest BCUT2D eigenvalue weighted by Gasteiger charge is 2.17. The quantitative estimate of drug-likeness (QED) is 0.763. The van der Waals surface area contributed by atoms with Crippen LogP contribution in [0.25, 0.3) is 11.5 Å². The SMILES string of the molecule is Cc1nnc(-c2cc(C)n(CC(=O)Nc3ccc(Cl)cc3C)c2C)o1. The first-order chi connectivity index (χ1) is 11.8. The van der Waals surface area contributed by atoms with Crippen LogP contribution in [0.15, 0.2) is 28.7 Å². The Labute approximate surface area is 150 Å². The molecule has 0 aliphatic rings. The Hall–Kier alpha value is -2.60. The van der Waals surface area contributed by atoms with Gasteiger partial charge in [-0.25, -0.2) is 0 Å². The average molecular weight is 359 g/mol. The van der Waals surface area contributed by atoms with Gasteiger partial charge in [0.2, 0.25) is 17.7 Å². The summed E-state index contributed by atoms with van der Waals surface area (Å²) >= 11 is 5.95. The van der Waals surface area contributed by atoms with Crippen LogP contribution >= 0.6 is 11.6 Å². The van der Waals surface area contributed by atoms with Crippen molar-refractivity contribution in [3.63, 3.8) is 0 Å². The lowest BCUT2D eigenvalue weighted by molar-refractivity contribution is -0.116. The standard InChI is InChI=1S/C18H19ClN4O2/c1-10-7-14(19)5-6-16(10)20-17(24)9-23-11(2)8-15(12(23)3)18-22-21-13(4)25-18/h5-8H,9H2,1-4H3,(H,20,24). The third-order valence-corrected chi connectivity index (χ3v) is 4.33. The van der Waals surface area contributed by atoms with Crippen LogP contribution in [-0.2, 0) is 11.3 Å². The van der Waals surface area contributed by atoms with Gasteiger partial charge in [0.1, 0.15) is 6.54 Å². The molecule has 2 aromatic heterocycles. The van der Waals surface area contributed by atoms with Crippen LogP contribution in [0, 0.1) is 27.7 Å². The van der Waals surface area contributed by atoms with E-state index in [4.69, 9.17) is 16.0 Å². The molecular formula is C18H19ClN4O2. The molecule has 0 atom stereocenters. The number of aromatic nitrogens is 3. The molecule has 25 heavy (non-hydrogen) atoms. The fourth-order valence-corrected chi connectivity index (χ4v) is 2.99. The van der Waals surface area contributed by atoms with Gasteiger partial charge in [-0.15, -0.1) is 10.2 Å². The molecule has 1 aromatic carbocycles. The molecule has 0 fully saturated rings. The minimum absolute atomic E-state index is 0.111. The number of carbonyl (C=O) groups is 1. The zero-order chi connectivity index (χ0) is 18.1. The summed E-state index contributed by atoms with van der Waals surface area (Å²) in [5, 5.41) is 11.5. The predicted molar refractivity (Wildman–Crippen MR) is 96.8 cm³/mol. The molecule has 0 saturated carbocycles. The van der Waals surface area contributed by atoms with Gasteiger partial charge < -0.3 is 14.3 Å². The summed E-state index contributed by atoms with van der Waals surface area (Å²) in [5.74, 6) is 0.863. The van der Waals surface area contributed by atoms with Crippen molar-refractivity contribution in [2.75, 3.05) is 5.32 Å². The predicted octanol–water partition coefficient (Wildman–Crippen LogP) is 4.06. The highest BCUT2D eigenvalue weighted by molar-refractivity contribution is 6.30. The molecule has 6 nitrogen and oxygen atoms in total. The first-order valence-corrected chi connectivity index (χ1v) is 8.26. The van der Waals surface area contributed by atoms with E-state index >= 15 is 0 Å². The molecule has 130 valence electrons. The normalized spacial score (nSPS) is 10.9. The zero-order valence-electron chi connectivity index (χ0n) is 14.6. The van der Waals surface area contributed by atoms with Crippen molar-refractivity contribution in [3.05, 3.63) is 52.1 Å². The van der Waals surface area contributed by atoms with Gasteiger partial charge in [-0.3, -0.25) is 4.79 Å². The van der Waals surface area contributed by atoms with E-state index in [-0.39, 0.29) is 12.5 Å². The first-order valence-electron chi connectivity index (χ1n) is 7.88. The topological polar surface area (TPSA) is 73.0 Å². The number of nitrogens with one attached hydrogen (secondary N) is 1. The molecule has 0 aliphatic heterocycles. The number of nitrogens with zero attached hydrogens (tertiary/aromatic N) is 3. The minimum Gasteiger partial charge on any atom is -0.421 e. The van der Waals surface area contributed by atoms with Gasteiger partial charge in [0.05, 0.1) is 5.56 Å². The molecule has 1 N–H and O–H groups in total. The lowest BCUT2D eigenvalue weighted by atomic mass is 10.2. The van der Waals surface area contributed by atoms with Gasteiger partial charge in [0.15, 0.2) is 0 Å². The number of halogens is 1. The molecule has 0 saturated heterocycles. The summed E-state index contributed by atoms with van der Waals surface area (Å²) in [6, 6.07) is 7.33. The number of aryl methyl sites for hydroxylation is 3. The second-order valence-corrected chi connectivity index (χ2v) is 6.44. The maximum Gasteiger partial charge on any atom is 0.249 e. The second kappa shape index (κ2) is 6.72. The molecule has 2 heterocycles. The molecule has 7 heteroatoms. The second-order valence-electron chi connectivity index (χ2n) is 6.00. The number of carbonyl (C=O) groups excluding carboxylic acids is 1. The Morgan fingerprint density at radius 2 is 1.96 bits per heavy atom. The highest BCUT2D eigenvalue weighted by atomic mass is 35.5. The van der Waals surface area contributed by atoms with Crippen LogP contribution in [0.1, 0.15) is 22.8 Å². The van der Waals surface area contributed by atoms with E-state index in [2.05, 4.69) is 15.5 Å². The molecular weight excluding hydrogens is 340 g/mol. The smallest absolute Gasteiger partial charge is 0.249 e. The molecule has 0 unspecified atom stereocenters. The van der Waals surface area contributed by atoms with Gasteiger partial charge >= 0.3 is 0 Å². The van der Waals surface area contributed by atoms with Crippen LogP contribution < -0.4 is 5.32 Å². The largest absolute Gasteiger partial charge is 0.421 e. The van der Waals surface area contributed by atoms with E-state index in [1.54, 1.807) is 19.1 Å². The van der Waals surface area contributed by atoms with Crippen molar-refractivity contribution in [1.82, 2.24) is 14.8 Å². The third kappa shape index (κ3) is 3.58. The van der Waals surface area contributed by atoms with Crippen LogP contribution in [0.5, 0.6) is 0 Å². The Morgan fingerprint density at radius 3 is 2.60 bits per heavy atom. The van der Waals surface area contributed by atoms with Crippen LogP contribution in [0.4, 0.5) is 5.69 Å². The maximum absolute atomic E-state index is 12.5. The van der Waals surface area contributed by atoms with Gasteiger partial charge in [-0.05, 0) is 50.6 Å². The number of amides is 1. The molecule has 3 rings (SSSR count). The van der Waals surface area contributed by atoms with Gasteiger partial charge in [0, 0.05) is 29.0 Å². The fourth-order valence-electron chi connectivity index (χ4n) is 2.77. The minimum atomic E-state index is -0.111. The Bertz CT molecular complexity index is 943. The van der Waals surface area contributed by atoms with Crippen molar-refractivity contribution in [1.29, 1.82) is 0 Å². The summed E-state index contributed by atoms with van der Waals surface area (Å²) in [6.07, 6.45) is 0. The lowest BCUT2D eigenvalue weighted by Crippen LogP contribution is -2.20. The summed E-state index contributed by atoms with van der Waals surface area (Å²) in [6.45, 7) is 7.73. The highest BCUT2D eigenvalue weighted by Crippen LogP contribution is 2.26. The molecule has 3 aromatic rings. The van der Waals surface area contributed by atoms with Crippen LogP contribution in [0.2, 0.25) is 5.02 Å². The van der Waals surface area contributed by atoms with Crippen molar-refractivity contribution in [2.45, 2.75) is 34.2 Å². The Kier molecular flexibility index (Phi) is 4.63. The number of hydrogen-bond donors (Lipinski definition) is 1. The molecule has 1 amide bonds. The number of rotatable bonds is 4. The Balaban J connectivity index is 1.81. The van der Waals surface area contributed by atoms with Crippen LogP contribution in [0.3, 0.4) is 0 Å². The summed E-state index contributed by atoms with van der Waals surface area (Å²) < 4.78 is 7.42. The third-order valence-electron chi connectivity index (χ3n) is 4.09. The molecule has 0 bridgehead atoms. The summed E-state index contributed by atoms with van der Waals surface area (Å²) in [4.78, 5) is 12.5. The van der Waals surface area contributed by atoms with E-state index in [1.165, 1.54) is 0 Å². The van der Waals surface area contributed by atoms with Gasteiger partial charge in [-0.2, -0.15) is 0 Å². The van der Waals surface area contributed by atoms with Crippen molar-refractivity contribution >= 4 is 23.2 Å². The molecule has 0 spiro atoms. The summed E-state index contributed by atoms with van der Waals surface area (Å²) in [7, 11) is 0. The summed E-state index contributed by atoms with van der Waals surface area (Å²) in [5.41, 5.74) is 4.37. The van der Waals surface area contributed by atoms with E-state index in [9.17, 15) is 4.79 Å². The van der Waals surface area contributed by atoms with Gasteiger partial charge in [-0.1, -0.05) is 11.6 Å².